The van der Waals surface area contributed by atoms with Gasteiger partial charge in [0.25, 0.3) is 5.91 Å². The Morgan fingerprint density at radius 3 is 2.57 bits per heavy atom. The van der Waals surface area contributed by atoms with E-state index in [0.717, 1.165) is 12.8 Å². The van der Waals surface area contributed by atoms with E-state index in [4.69, 9.17) is 5.73 Å². The Kier molecular flexibility index (Phi) is 4.40. The topological polar surface area (TPSA) is 118 Å². The number of carbonyl (C=O) groups is 2. The van der Waals surface area contributed by atoms with Crippen LogP contribution in [0.4, 0.5) is 5.82 Å². The Bertz CT molecular complexity index is 539. The first kappa shape index (κ1) is 15.2. The molecule has 1 aliphatic rings. The molecular weight excluding hydrogens is 272 g/mol. The van der Waals surface area contributed by atoms with Crippen molar-refractivity contribution < 1.29 is 14.7 Å². The fourth-order valence-electron chi connectivity index (χ4n) is 2.68. The number of nitrogens with zero attached hydrogens (tertiary/aromatic N) is 2. The van der Waals surface area contributed by atoms with Gasteiger partial charge in [-0.1, -0.05) is 6.92 Å². The summed E-state index contributed by atoms with van der Waals surface area (Å²) in [6.07, 6.45) is 5.81. The van der Waals surface area contributed by atoms with Gasteiger partial charge in [-0.05, 0) is 31.6 Å². The number of carboxylic acid groups (broad SMARTS) is 1. The first-order valence-electron chi connectivity index (χ1n) is 7.03. The number of amides is 1. The molecule has 0 unspecified atom stereocenters. The van der Waals surface area contributed by atoms with Crippen LogP contribution in [-0.4, -0.2) is 33.5 Å². The lowest BCUT2D eigenvalue weighted by molar-refractivity contribution is -0.150. The van der Waals surface area contributed by atoms with E-state index in [0.29, 0.717) is 18.8 Å². The maximum atomic E-state index is 11.7. The Labute approximate surface area is 123 Å². The molecule has 1 heterocycles. The lowest BCUT2D eigenvalue weighted by Crippen LogP contribution is -2.41. The number of rotatable bonds is 5. The Morgan fingerprint density at radius 2 is 2.00 bits per heavy atom. The van der Waals surface area contributed by atoms with Crippen molar-refractivity contribution in [2.24, 2.45) is 17.1 Å². The molecular formula is C14H20N4O3. The molecule has 0 spiro atoms. The van der Waals surface area contributed by atoms with Gasteiger partial charge >= 0.3 is 5.97 Å². The molecule has 1 aliphatic carbocycles. The van der Waals surface area contributed by atoms with Crippen LogP contribution in [0.25, 0.3) is 0 Å². The van der Waals surface area contributed by atoms with Crippen molar-refractivity contribution in [3.05, 3.63) is 18.1 Å². The van der Waals surface area contributed by atoms with Crippen LogP contribution in [0, 0.1) is 11.3 Å². The number of nitrogens with two attached hydrogens (primary N) is 1. The van der Waals surface area contributed by atoms with Gasteiger partial charge in [0.05, 0.1) is 5.41 Å². The molecule has 2 rings (SSSR count). The minimum atomic E-state index is -0.820. The van der Waals surface area contributed by atoms with Gasteiger partial charge in [0.2, 0.25) is 0 Å². The number of aromatic nitrogens is 2. The molecule has 0 saturated heterocycles. The van der Waals surface area contributed by atoms with Crippen molar-refractivity contribution in [2.45, 2.75) is 32.6 Å². The number of nitrogens with one attached hydrogen (secondary N) is 1. The molecule has 4 N–H and O–H groups in total. The highest BCUT2D eigenvalue weighted by Crippen LogP contribution is 2.39. The van der Waals surface area contributed by atoms with Crippen LogP contribution in [0.3, 0.4) is 0 Å². The lowest BCUT2D eigenvalue weighted by atomic mass is 9.71. The quantitative estimate of drug-likeness (QED) is 0.752. The third-order valence-corrected chi connectivity index (χ3v) is 4.21. The summed E-state index contributed by atoms with van der Waals surface area (Å²) in [5.74, 6) is -0.710. The fraction of sp³-hybridized carbons (Fsp3) is 0.571. The van der Waals surface area contributed by atoms with E-state index in [1.807, 2.05) is 0 Å². The molecule has 1 amide bonds. The van der Waals surface area contributed by atoms with Gasteiger partial charge in [0, 0.05) is 18.9 Å². The second kappa shape index (κ2) is 6.07. The first-order valence-corrected chi connectivity index (χ1v) is 7.03. The van der Waals surface area contributed by atoms with Crippen LogP contribution in [-0.2, 0) is 4.79 Å². The van der Waals surface area contributed by atoms with Gasteiger partial charge in [-0.15, -0.1) is 0 Å². The van der Waals surface area contributed by atoms with E-state index in [1.54, 1.807) is 0 Å². The van der Waals surface area contributed by atoms with Crippen LogP contribution in [0.1, 0.15) is 43.1 Å². The maximum Gasteiger partial charge on any atom is 0.311 e. The van der Waals surface area contributed by atoms with Gasteiger partial charge in [0.15, 0.2) is 11.5 Å². The molecule has 0 aliphatic heterocycles. The van der Waals surface area contributed by atoms with Gasteiger partial charge in [0.1, 0.15) is 0 Å². The van der Waals surface area contributed by atoms with Crippen molar-refractivity contribution in [3.63, 3.8) is 0 Å². The highest BCUT2D eigenvalue weighted by atomic mass is 16.4. The molecule has 1 aromatic rings. The van der Waals surface area contributed by atoms with Crippen molar-refractivity contribution in [1.82, 2.24) is 9.97 Å². The number of carboxylic acids is 1. The molecule has 1 fully saturated rings. The summed E-state index contributed by atoms with van der Waals surface area (Å²) in [4.78, 5) is 30.8. The van der Waals surface area contributed by atoms with Crippen LogP contribution in [0.5, 0.6) is 0 Å². The molecule has 0 aromatic carbocycles. The number of hydrogen-bond donors (Lipinski definition) is 3. The molecule has 0 radical (unpaired) electrons. The third kappa shape index (κ3) is 3.29. The van der Waals surface area contributed by atoms with Crippen LogP contribution >= 0.6 is 0 Å². The average molecular weight is 292 g/mol. The standard InChI is InChI=1S/C14H20N4O3/c1-9-2-4-14(5-3-9,13(20)21)8-18-12-10(11(15)19)16-6-7-17-12/h6-7,9H,2-5,8H2,1H3,(H2,15,19)(H,17,18)(H,20,21). The van der Waals surface area contributed by atoms with Gasteiger partial charge in [-0.3, -0.25) is 9.59 Å². The molecule has 7 nitrogen and oxygen atoms in total. The zero-order valence-electron chi connectivity index (χ0n) is 12.0. The zero-order valence-corrected chi connectivity index (χ0v) is 12.0. The first-order chi connectivity index (χ1) is 9.94. The highest BCUT2D eigenvalue weighted by Gasteiger charge is 2.41. The van der Waals surface area contributed by atoms with Crippen molar-refractivity contribution in [1.29, 1.82) is 0 Å². The van der Waals surface area contributed by atoms with Crippen LogP contribution in [0.15, 0.2) is 12.4 Å². The number of primary amides is 1. The minimum Gasteiger partial charge on any atom is -0.481 e. The van der Waals surface area contributed by atoms with E-state index in [9.17, 15) is 14.7 Å². The smallest absolute Gasteiger partial charge is 0.311 e. The summed E-state index contributed by atoms with van der Waals surface area (Å²) in [7, 11) is 0. The normalized spacial score (nSPS) is 25.3. The minimum absolute atomic E-state index is 0.0298. The fourth-order valence-corrected chi connectivity index (χ4v) is 2.68. The summed E-state index contributed by atoms with van der Waals surface area (Å²) in [5.41, 5.74) is 4.45. The molecule has 114 valence electrons. The van der Waals surface area contributed by atoms with Crippen molar-refractivity contribution in [2.75, 3.05) is 11.9 Å². The molecule has 0 bridgehead atoms. The second-order valence-electron chi connectivity index (χ2n) is 5.74. The predicted octanol–water partition coefficient (Wildman–Crippen LogP) is 1.27. The van der Waals surface area contributed by atoms with Gasteiger partial charge in [-0.2, -0.15) is 0 Å². The molecule has 0 atom stereocenters. The SMILES string of the molecule is CC1CCC(CNc2nccnc2C(N)=O)(C(=O)O)CC1. The molecule has 21 heavy (non-hydrogen) atoms. The van der Waals surface area contributed by atoms with Gasteiger partial charge in [-0.25, -0.2) is 9.97 Å². The number of carbonyl (C=O) groups excluding carboxylic acids is 1. The summed E-state index contributed by atoms with van der Waals surface area (Å²) >= 11 is 0. The number of aliphatic carboxylic acids is 1. The monoisotopic (exact) mass is 292 g/mol. The van der Waals surface area contributed by atoms with E-state index < -0.39 is 17.3 Å². The largest absolute Gasteiger partial charge is 0.481 e. The number of anilines is 1. The lowest BCUT2D eigenvalue weighted by Gasteiger charge is -2.36. The third-order valence-electron chi connectivity index (χ3n) is 4.21. The van der Waals surface area contributed by atoms with Crippen molar-refractivity contribution in [3.8, 4) is 0 Å². The average Bonchev–Trinajstić information content (AvgIpc) is 2.47. The Balaban J connectivity index is 2.13. The Hall–Kier alpha value is -2.18. The van der Waals surface area contributed by atoms with E-state index in [2.05, 4.69) is 22.2 Å². The highest BCUT2D eigenvalue weighted by molar-refractivity contribution is 5.95. The summed E-state index contributed by atoms with van der Waals surface area (Å²) < 4.78 is 0. The number of hydrogen-bond acceptors (Lipinski definition) is 5. The van der Waals surface area contributed by atoms with E-state index in [-0.39, 0.29) is 18.1 Å². The zero-order chi connectivity index (χ0) is 15.5. The maximum absolute atomic E-state index is 11.7. The summed E-state index contributed by atoms with van der Waals surface area (Å²) in [6.45, 7) is 2.35. The molecule has 7 heteroatoms. The second-order valence-corrected chi connectivity index (χ2v) is 5.74. The van der Waals surface area contributed by atoms with Crippen molar-refractivity contribution >= 4 is 17.7 Å². The Morgan fingerprint density at radius 1 is 1.38 bits per heavy atom. The van der Waals surface area contributed by atoms with E-state index in [1.165, 1.54) is 12.4 Å². The van der Waals surface area contributed by atoms with Crippen LogP contribution < -0.4 is 11.1 Å². The van der Waals surface area contributed by atoms with E-state index >= 15 is 0 Å². The summed E-state index contributed by atoms with van der Waals surface area (Å²) in [5, 5.41) is 12.5. The molecule has 1 saturated carbocycles. The van der Waals surface area contributed by atoms with Crippen LogP contribution in [0.2, 0.25) is 0 Å². The molecule has 1 aromatic heterocycles. The predicted molar refractivity (Wildman–Crippen MR) is 76.7 cm³/mol. The van der Waals surface area contributed by atoms with Gasteiger partial charge < -0.3 is 16.2 Å². The summed E-state index contributed by atoms with van der Waals surface area (Å²) in [6, 6.07) is 0.